The fourth-order valence-electron chi connectivity index (χ4n) is 3.13. The van der Waals surface area contributed by atoms with Gasteiger partial charge in [0.2, 0.25) is 0 Å². The van der Waals surface area contributed by atoms with Crippen LogP contribution in [0.3, 0.4) is 0 Å². The minimum absolute atomic E-state index is 0.0631. The van der Waals surface area contributed by atoms with Crippen molar-refractivity contribution in [1.82, 2.24) is 20.1 Å². The van der Waals surface area contributed by atoms with E-state index < -0.39 is 0 Å². The standard InChI is InChI=1S/C15H20N4O2/c1-9-12-6-11(7-16-14(12)19(2)18-9)15(21)17-13-5-3-4-10(13)8-20/h6-7,10,13,20H,3-5,8H2,1-2H3,(H,17,21). The molecule has 2 N–H and O–H groups in total. The first-order valence-corrected chi connectivity index (χ1v) is 7.31. The van der Waals surface area contributed by atoms with E-state index in [1.54, 1.807) is 10.9 Å². The highest BCUT2D eigenvalue weighted by molar-refractivity contribution is 5.97. The average molecular weight is 288 g/mol. The monoisotopic (exact) mass is 288 g/mol. The number of aromatic nitrogens is 3. The van der Waals surface area contributed by atoms with Gasteiger partial charge in [-0.05, 0) is 25.8 Å². The van der Waals surface area contributed by atoms with E-state index in [1.807, 2.05) is 20.0 Å². The lowest BCUT2D eigenvalue weighted by Crippen LogP contribution is -2.38. The number of aryl methyl sites for hydroxylation is 2. The van der Waals surface area contributed by atoms with Crippen molar-refractivity contribution in [2.24, 2.45) is 13.0 Å². The van der Waals surface area contributed by atoms with E-state index in [0.29, 0.717) is 5.56 Å². The average Bonchev–Trinajstić information content (AvgIpc) is 3.03. The predicted octanol–water partition coefficient (Wildman–Crippen LogP) is 1.17. The summed E-state index contributed by atoms with van der Waals surface area (Å²) in [6.07, 6.45) is 4.54. The van der Waals surface area contributed by atoms with Gasteiger partial charge in [0.25, 0.3) is 5.91 Å². The number of fused-ring (bicyclic) bond motifs is 1. The summed E-state index contributed by atoms with van der Waals surface area (Å²) in [6, 6.07) is 1.90. The zero-order chi connectivity index (χ0) is 15.0. The van der Waals surface area contributed by atoms with Crippen LogP contribution in [0.1, 0.15) is 35.3 Å². The van der Waals surface area contributed by atoms with Gasteiger partial charge < -0.3 is 10.4 Å². The molecule has 1 fully saturated rings. The van der Waals surface area contributed by atoms with Gasteiger partial charge in [0.15, 0.2) is 5.65 Å². The van der Waals surface area contributed by atoms with E-state index in [4.69, 9.17) is 0 Å². The van der Waals surface area contributed by atoms with Crippen LogP contribution in [0.25, 0.3) is 11.0 Å². The number of pyridine rings is 1. The Labute approximate surface area is 123 Å². The van der Waals surface area contributed by atoms with E-state index in [-0.39, 0.29) is 24.5 Å². The number of nitrogens with one attached hydrogen (secondary N) is 1. The van der Waals surface area contributed by atoms with Crippen LogP contribution in [-0.4, -0.2) is 38.4 Å². The van der Waals surface area contributed by atoms with Crippen LogP contribution in [0.5, 0.6) is 0 Å². The third kappa shape index (κ3) is 2.51. The molecule has 0 aromatic carbocycles. The van der Waals surface area contributed by atoms with Crippen molar-refractivity contribution in [2.75, 3.05) is 6.61 Å². The molecule has 1 aliphatic rings. The zero-order valence-corrected chi connectivity index (χ0v) is 12.3. The lowest BCUT2D eigenvalue weighted by Gasteiger charge is -2.18. The molecule has 2 aromatic heterocycles. The molecule has 6 heteroatoms. The van der Waals surface area contributed by atoms with Crippen molar-refractivity contribution in [3.8, 4) is 0 Å². The van der Waals surface area contributed by atoms with Crippen LogP contribution in [-0.2, 0) is 7.05 Å². The number of hydrogen-bond acceptors (Lipinski definition) is 4. The minimum atomic E-state index is -0.127. The molecule has 3 rings (SSSR count). The van der Waals surface area contributed by atoms with Crippen LogP contribution in [0, 0.1) is 12.8 Å². The topological polar surface area (TPSA) is 80.0 Å². The second-order valence-electron chi connectivity index (χ2n) is 5.76. The van der Waals surface area contributed by atoms with Crippen molar-refractivity contribution in [3.63, 3.8) is 0 Å². The number of rotatable bonds is 3. The first-order chi connectivity index (χ1) is 10.1. The molecule has 112 valence electrons. The first-order valence-electron chi connectivity index (χ1n) is 7.31. The van der Waals surface area contributed by atoms with Gasteiger partial charge in [-0.1, -0.05) is 6.42 Å². The smallest absolute Gasteiger partial charge is 0.253 e. The number of carbonyl (C=O) groups excluding carboxylic acids is 1. The molecule has 6 nitrogen and oxygen atoms in total. The summed E-state index contributed by atoms with van der Waals surface area (Å²) in [5.41, 5.74) is 2.18. The van der Waals surface area contributed by atoms with Crippen molar-refractivity contribution in [3.05, 3.63) is 23.5 Å². The maximum Gasteiger partial charge on any atom is 0.253 e. The van der Waals surface area contributed by atoms with Crippen LogP contribution in [0.15, 0.2) is 12.3 Å². The quantitative estimate of drug-likeness (QED) is 0.888. The number of amides is 1. The highest BCUT2D eigenvalue weighted by Gasteiger charge is 2.28. The summed E-state index contributed by atoms with van der Waals surface area (Å²) in [5.74, 6) is 0.0452. The molecule has 2 unspecified atom stereocenters. The van der Waals surface area contributed by atoms with Gasteiger partial charge >= 0.3 is 0 Å². The van der Waals surface area contributed by atoms with Crippen molar-refractivity contribution < 1.29 is 9.90 Å². The van der Waals surface area contributed by atoms with E-state index in [0.717, 1.165) is 36.0 Å². The van der Waals surface area contributed by atoms with E-state index in [2.05, 4.69) is 15.4 Å². The van der Waals surface area contributed by atoms with Crippen LogP contribution in [0.4, 0.5) is 0 Å². The van der Waals surface area contributed by atoms with Gasteiger partial charge in [0.05, 0.1) is 11.3 Å². The van der Waals surface area contributed by atoms with Gasteiger partial charge in [0, 0.05) is 37.2 Å². The largest absolute Gasteiger partial charge is 0.396 e. The maximum atomic E-state index is 12.4. The minimum Gasteiger partial charge on any atom is -0.396 e. The Morgan fingerprint density at radius 1 is 1.52 bits per heavy atom. The molecular formula is C15H20N4O2. The maximum absolute atomic E-state index is 12.4. The fourth-order valence-corrected chi connectivity index (χ4v) is 3.13. The molecular weight excluding hydrogens is 268 g/mol. The van der Waals surface area contributed by atoms with Crippen molar-refractivity contribution in [1.29, 1.82) is 0 Å². The van der Waals surface area contributed by atoms with E-state index in [1.165, 1.54) is 0 Å². The molecule has 21 heavy (non-hydrogen) atoms. The lowest BCUT2D eigenvalue weighted by atomic mass is 10.0. The summed E-state index contributed by atoms with van der Waals surface area (Å²) in [7, 11) is 1.84. The Hall–Kier alpha value is -1.95. The number of hydrogen-bond donors (Lipinski definition) is 2. The molecule has 0 aliphatic heterocycles. The summed E-state index contributed by atoms with van der Waals surface area (Å²) >= 11 is 0. The van der Waals surface area contributed by atoms with E-state index >= 15 is 0 Å². The Morgan fingerprint density at radius 3 is 3.10 bits per heavy atom. The zero-order valence-electron chi connectivity index (χ0n) is 12.3. The summed E-state index contributed by atoms with van der Waals surface area (Å²) in [4.78, 5) is 16.7. The number of nitrogens with zero attached hydrogens (tertiary/aromatic N) is 3. The van der Waals surface area contributed by atoms with Gasteiger partial charge in [-0.25, -0.2) is 4.98 Å². The Balaban J connectivity index is 1.83. The van der Waals surface area contributed by atoms with Crippen LogP contribution in [0.2, 0.25) is 0 Å². The molecule has 2 aromatic rings. The highest BCUT2D eigenvalue weighted by atomic mass is 16.3. The SMILES string of the molecule is Cc1nn(C)c2ncc(C(=O)NC3CCCC3CO)cc12. The molecule has 0 spiro atoms. The van der Waals surface area contributed by atoms with Crippen LogP contribution < -0.4 is 5.32 Å². The molecule has 2 atom stereocenters. The number of aliphatic hydroxyl groups is 1. The molecule has 1 saturated carbocycles. The summed E-state index contributed by atoms with van der Waals surface area (Å²) in [5, 5.41) is 17.6. The molecule has 2 heterocycles. The van der Waals surface area contributed by atoms with Gasteiger partial charge in [-0.2, -0.15) is 5.10 Å². The Morgan fingerprint density at radius 2 is 2.33 bits per heavy atom. The van der Waals surface area contributed by atoms with Gasteiger partial charge in [0.1, 0.15) is 0 Å². The second-order valence-corrected chi connectivity index (χ2v) is 5.76. The molecule has 0 saturated heterocycles. The van der Waals surface area contributed by atoms with E-state index in [9.17, 15) is 9.90 Å². The second kappa shape index (κ2) is 5.44. The fraction of sp³-hybridized carbons (Fsp3) is 0.533. The highest BCUT2D eigenvalue weighted by Crippen LogP contribution is 2.25. The van der Waals surface area contributed by atoms with Crippen LogP contribution >= 0.6 is 0 Å². The lowest BCUT2D eigenvalue weighted by molar-refractivity contribution is 0.0916. The molecule has 0 radical (unpaired) electrons. The van der Waals surface area contributed by atoms with Gasteiger partial charge in [-0.3, -0.25) is 9.48 Å². The molecule has 1 amide bonds. The molecule has 0 bridgehead atoms. The van der Waals surface area contributed by atoms with Crippen molar-refractivity contribution >= 4 is 16.9 Å². The molecule has 1 aliphatic carbocycles. The summed E-state index contributed by atoms with van der Waals surface area (Å²) < 4.78 is 1.71. The number of carbonyl (C=O) groups is 1. The third-order valence-corrected chi connectivity index (χ3v) is 4.34. The Bertz CT molecular complexity index is 680. The van der Waals surface area contributed by atoms with Gasteiger partial charge in [-0.15, -0.1) is 0 Å². The Kier molecular flexibility index (Phi) is 3.63. The van der Waals surface area contributed by atoms with Crippen molar-refractivity contribution in [2.45, 2.75) is 32.2 Å². The third-order valence-electron chi connectivity index (χ3n) is 4.34. The predicted molar refractivity (Wildman–Crippen MR) is 78.9 cm³/mol. The first kappa shape index (κ1) is 14.0. The number of aliphatic hydroxyl groups excluding tert-OH is 1. The summed E-state index contributed by atoms with van der Waals surface area (Å²) in [6.45, 7) is 2.04. The normalized spacial score (nSPS) is 21.9.